The van der Waals surface area contributed by atoms with E-state index in [2.05, 4.69) is 29.0 Å². The minimum Gasteiger partial charge on any atom is -0.465 e. The number of nitrogens with one attached hydrogen (secondary N) is 1. The van der Waals surface area contributed by atoms with Crippen molar-refractivity contribution in [3.63, 3.8) is 0 Å². The second-order valence-electron chi connectivity index (χ2n) is 17.4. The molecule has 0 bridgehead atoms. The van der Waals surface area contributed by atoms with Gasteiger partial charge >= 0.3 is 11.9 Å². The Hall–Kier alpha value is -4.85. The second-order valence-corrected chi connectivity index (χ2v) is 21.5. The van der Waals surface area contributed by atoms with Crippen molar-refractivity contribution in [1.82, 2.24) is 9.80 Å². The highest BCUT2D eigenvalue weighted by molar-refractivity contribution is 7.15. The van der Waals surface area contributed by atoms with E-state index in [1.165, 1.54) is 60.8 Å². The molecule has 0 spiro atoms. The molecule has 2 aliphatic rings. The summed E-state index contributed by atoms with van der Waals surface area (Å²) in [6.07, 6.45) is 0. The first-order chi connectivity index (χ1) is 33.4. The smallest absolute Gasteiger partial charge is 0.350 e. The number of hydrogen-bond donors (Lipinski definition) is 1. The largest absolute Gasteiger partial charge is 0.465 e. The topological polar surface area (TPSA) is 161 Å². The van der Waals surface area contributed by atoms with Crippen molar-refractivity contribution in [2.75, 3.05) is 90.1 Å². The molecule has 14 nitrogen and oxygen atoms in total. The lowest BCUT2D eigenvalue weighted by atomic mass is 9.98. The minimum atomic E-state index is -0.632. The van der Waals surface area contributed by atoms with Crippen molar-refractivity contribution in [2.24, 2.45) is 10.8 Å². The van der Waals surface area contributed by atoms with Gasteiger partial charge in [0.2, 0.25) is 11.8 Å². The van der Waals surface area contributed by atoms with Gasteiger partial charge in [-0.25, -0.2) is 9.59 Å². The Morgan fingerprint density at radius 1 is 0.662 bits per heavy atom. The van der Waals surface area contributed by atoms with Crippen molar-refractivity contribution in [3.8, 4) is 23.7 Å². The molecule has 0 atom stereocenters. The molecule has 380 valence electrons. The Kier molecular flexibility index (Phi) is 22.6. The van der Waals surface area contributed by atoms with E-state index in [1.807, 2.05) is 41.5 Å². The average Bonchev–Trinajstić information content (AvgIpc) is 3.95. The molecule has 2 aliphatic heterocycles. The molecule has 2 aromatic heterocycles. The fourth-order valence-corrected chi connectivity index (χ4v) is 9.11. The van der Waals surface area contributed by atoms with Gasteiger partial charge in [0.1, 0.15) is 16.3 Å². The average molecular weight is 1110 g/mol. The quantitative estimate of drug-likeness (QED) is 0.0914. The molecule has 0 radical (unpaired) electrons. The van der Waals surface area contributed by atoms with Crippen molar-refractivity contribution in [3.05, 3.63) is 99.3 Å². The van der Waals surface area contributed by atoms with Crippen LogP contribution in [0.2, 0.25) is 20.1 Å². The first kappa shape index (κ1) is 58.7. The molecular weight excluding hydrogens is 1060 g/mol. The van der Waals surface area contributed by atoms with Gasteiger partial charge < -0.3 is 34.1 Å². The van der Waals surface area contributed by atoms with E-state index in [9.17, 15) is 28.8 Å². The molecule has 0 aliphatic carbocycles. The number of nitrogens with zero attached hydrogens (tertiary/aromatic N) is 3. The number of carbonyl (C=O) groups is 6. The Labute approximate surface area is 447 Å². The van der Waals surface area contributed by atoms with E-state index in [1.54, 1.807) is 28.0 Å². The molecule has 21 heteroatoms. The molecule has 2 saturated heterocycles. The highest BCUT2D eigenvalue weighted by Gasteiger charge is 2.31. The van der Waals surface area contributed by atoms with Gasteiger partial charge in [-0.1, -0.05) is 70.1 Å². The number of anilines is 2. The zero-order valence-corrected chi connectivity index (χ0v) is 45.7. The summed E-state index contributed by atoms with van der Waals surface area (Å²) in [4.78, 5) is 80.9. The zero-order valence-electron chi connectivity index (χ0n) is 40.3. The normalized spacial score (nSPS) is 13.3. The number of morpholine rings is 2. The van der Waals surface area contributed by atoms with Crippen molar-refractivity contribution in [2.45, 2.75) is 41.5 Å². The number of ether oxygens (including phenoxy) is 4. The molecule has 4 heterocycles. The van der Waals surface area contributed by atoms with Gasteiger partial charge in [0.05, 0.1) is 89.5 Å². The van der Waals surface area contributed by atoms with Gasteiger partial charge in [0.25, 0.3) is 11.1 Å². The standard InChI is InChI=1S/C25H26Cl2N2O5S.C18H24N2O4S.C7H3Cl3O/c1-25(2,3)8-7-17-14-20(22(35-17)24(32)33-4)29(15-21(30)28-9-11-34-12-10-28)23(31)18-6-5-16(26)13-19(18)27;1-18(2,3)6-5-13-11-14(16(25-13)17(22)23-4)19-12-15(21)20-7-9-24-10-8-20;8-4-1-2-5(7(10)11)6(9)3-4/h5-6,13-14H,9-12,15H2,1-4H3;11,19H,7-10,12H2,1-4H3;1-3H. The summed E-state index contributed by atoms with van der Waals surface area (Å²) >= 11 is 31.1. The zero-order chi connectivity index (χ0) is 52.6. The number of carbonyl (C=O) groups excluding carboxylic acids is 6. The van der Waals surface area contributed by atoms with Crippen LogP contribution in [0.25, 0.3) is 0 Å². The third kappa shape index (κ3) is 18.6. The number of esters is 2. The SMILES string of the molecule is COC(=O)c1sc(C#CC(C)(C)C)cc1N(CC(=O)N1CCOCC1)C(=O)c1ccc(Cl)cc1Cl.COC(=O)c1sc(C#CC(C)(C)C)cc1NCC(=O)N1CCOCC1.O=C(Cl)c1ccc(Cl)cc1Cl. The van der Waals surface area contributed by atoms with Gasteiger partial charge in [-0.05, 0) is 102 Å². The van der Waals surface area contributed by atoms with Crippen LogP contribution in [0.3, 0.4) is 0 Å². The number of thiophene rings is 2. The number of amides is 3. The van der Waals surface area contributed by atoms with Crippen LogP contribution in [0, 0.1) is 34.5 Å². The maximum absolute atomic E-state index is 13.7. The predicted molar refractivity (Wildman–Crippen MR) is 282 cm³/mol. The summed E-state index contributed by atoms with van der Waals surface area (Å²) in [5.74, 6) is 10.5. The van der Waals surface area contributed by atoms with Crippen LogP contribution in [-0.4, -0.2) is 125 Å². The summed E-state index contributed by atoms with van der Waals surface area (Å²) in [5.41, 5.74) is 0.839. The Morgan fingerprint density at radius 2 is 1.11 bits per heavy atom. The Balaban J connectivity index is 0.000000263. The Bertz CT molecular complexity index is 2710. The minimum absolute atomic E-state index is 0.0207. The summed E-state index contributed by atoms with van der Waals surface area (Å²) in [6.45, 7) is 15.8. The van der Waals surface area contributed by atoms with Gasteiger partial charge in [-0.3, -0.25) is 24.1 Å². The van der Waals surface area contributed by atoms with Gasteiger partial charge in [0.15, 0.2) is 0 Å². The Morgan fingerprint density at radius 3 is 1.58 bits per heavy atom. The molecule has 71 heavy (non-hydrogen) atoms. The molecule has 3 amide bonds. The van der Waals surface area contributed by atoms with Crippen LogP contribution < -0.4 is 10.2 Å². The van der Waals surface area contributed by atoms with Crippen LogP contribution in [0.1, 0.15) is 91.4 Å². The van der Waals surface area contributed by atoms with Crippen LogP contribution in [0.4, 0.5) is 11.4 Å². The fourth-order valence-electron chi connectivity index (χ4n) is 6.08. The van der Waals surface area contributed by atoms with Gasteiger partial charge in [-0.15, -0.1) is 22.7 Å². The van der Waals surface area contributed by atoms with E-state index in [4.69, 9.17) is 77.0 Å². The van der Waals surface area contributed by atoms with E-state index in [0.717, 1.165) is 16.2 Å². The van der Waals surface area contributed by atoms with E-state index >= 15 is 0 Å². The number of rotatable bonds is 10. The number of methoxy groups -OCH3 is 2. The van der Waals surface area contributed by atoms with Crippen LogP contribution >= 0.6 is 80.7 Å². The predicted octanol–water partition coefficient (Wildman–Crippen LogP) is 10.3. The summed E-state index contributed by atoms with van der Waals surface area (Å²) in [5, 5.41) is 3.74. The van der Waals surface area contributed by atoms with Crippen LogP contribution in [-0.2, 0) is 28.5 Å². The highest BCUT2D eigenvalue weighted by Crippen LogP contribution is 2.34. The van der Waals surface area contributed by atoms with Gasteiger partial charge in [0, 0.05) is 47.1 Å². The molecule has 2 aromatic carbocycles. The number of hydrogen-bond acceptors (Lipinski definition) is 13. The first-order valence-corrected chi connectivity index (χ1v) is 25.3. The maximum Gasteiger partial charge on any atom is 0.350 e. The lowest BCUT2D eigenvalue weighted by Gasteiger charge is -2.30. The highest BCUT2D eigenvalue weighted by atomic mass is 35.5. The second kappa shape index (κ2) is 27.3. The molecule has 1 N–H and O–H groups in total. The number of benzene rings is 2. The van der Waals surface area contributed by atoms with Crippen molar-refractivity contribution >= 4 is 127 Å². The maximum atomic E-state index is 13.7. The third-order valence-corrected chi connectivity index (χ3v) is 12.9. The van der Waals surface area contributed by atoms with E-state index in [0.29, 0.717) is 78.1 Å². The number of halogens is 5. The van der Waals surface area contributed by atoms with E-state index < -0.39 is 23.1 Å². The lowest BCUT2D eigenvalue weighted by Crippen LogP contribution is -2.47. The molecular formula is C50H53Cl5N4O10S2. The molecule has 4 aromatic rings. The van der Waals surface area contributed by atoms with Crippen LogP contribution in [0.5, 0.6) is 0 Å². The summed E-state index contributed by atoms with van der Waals surface area (Å²) < 4.78 is 20.4. The molecule has 0 unspecified atom stereocenters. The van der Waals surface area contributed by atoms with Gasteiger partial charge in [-0.2, -0.15) is 0 Å². The lowest BCUT2D eigenvalue weighted by molar-refractivity contribution is -0.134. The first-order valence-electron chi connectivity index (χ1n) is 21.8. The molecule has 2 fully saturated rings. The molecule has 6 rings (SSSR count). The summed E-state index contributed by atoms with van der Waals surface area (Å²) in [7, 11) is 2.60. The van der Waals surface area contributed by atoms with Crippen LogP contribution in [0.15, 0.2) is 48.5 Å². The van der Waals surface area contributed by atoms with Crippen molar-refractivity contribution < 1.29 is 47.7 Å². The fraction of sp³-hybridized carbons (Fsp3) is 0.400. The third-order valence-electron chi connectivity index (χ3n) is 9.60. The monoisotopic (exact) mass is 1110 g/mol. The molecule has 0 saturated carbocycles. The van der Waals surface area contributed by atoms with E-state index in [-0.39, 0.29) is 67.5 Å². The summed E-state index contributed by atoms with van der Waals surface area (Å²) in [6, 6.07) is 12.4. The van der Waals surface area contributed by atoms with Crippen molar-refractivity contribution in [1.29, 1.82) is 0 Å².